The molecule has 0 atom stereocenters. The van der Waals surface area contributed by atoms with Crippen molar-refractivity contribution in [2.75, 3.05) is 6.67 Å². The Labute approximate surface area is 88.4 Å². The van der Waals surface area contributed by atoms with E-state index in [9.17, 15) is 17.6 Å². The Kier molecular flexibility index (Phi) is 5.88. The van der Waals surface area contributed by atoms with Gasteiger partial charge in [0.2, 0.25) is 0 Å². The lowest BCUT2D eigenvalue weighted by Gasteiger charge is -1.93. The van der Waals surface area contributed by atoms with Crippen molar-refractivity contribution >= 4 is 23.2 Å². The van der Waals surface area contributed by atoms with Crippen LogP contribution in [0.15, 0.2) is 24.3 Å². The second-order valence-corrected chi connectivity index (χ2v) is 2.98. The largest absolute Gasteiger partial charge is 0.416 e. The van der Waals surface area contributed by atoms with Gasteiger partial charge in [0.1, 0.15) is 0 Å². The van der Waals surface area contributed by atoms with Gasteiger partial charge in [-0.2, -0.15) is 13.2 Å². The van der Waals surface area contributed by atoms with Gasteiger partial charge in [0.25, 0.3) is 0 Å². The zero-order valence-corrected chi connectivity index (χ0v) is 8.30. The molecule has 6 heteroatoms. The Bertz CT molecular complexity index is 251. The molecule has 14 heavy (non-hydrogen) atoms. The molecule has 0 aliphatic carbocycles. The van der Waals surface area contributed by atoms with Crippen LogP contribution >= 0.6 is 23.2 Å². The molecule has 0 aromatic heterocycles. The van der Waals surface area contributed by atoms with E-state index in [1.165, 1.54) is 0 Å². The Morgan fingerprint density at radius 3 is 1.43 bits per heavy atom. The topological polar surface area (TPSA) is 0 Å². The third kappa shape index (κ3) is 6.97. The van der Waals surface area contributed by atoms with Crippen LogP contribution in [0.25, 0.3) is 0 Å². The van der Waals surface area contributed by atoms with Crippen LogP contribution in [0.4, 0.5) is 17.6 Å². The summed E-state index contributed by atoms with van der Waals surface area (Å²) in [5.41, 5.74) is 0. The molecule has 1 aromatic carbocycles. The number of halogens is 6. The Hall–Kier alpha value is -0.480. The normalized spacial score (nSPS) is 10.4. The predicted octanol–water partition coefficient (Wildman–Crippen LogP) is 4.51. The smallest absolute Gasteiger partial charge is 0.241 e. The van der Waals surface area contributed by atoms with E-state index >= 15 is 0 Å². The number of alkyl halides is 4. The van der Waals surface area contributed by atoms with Crippen LogP contribution < -0.4 is 0 Å². The highest BCUT2D eigenvalue weighted by molar-refractivity contribution is 6.41. The SMILES string of the molecule is Clc1ccccc1Cl.FCC(F)(F)F. The molecule has 0 nitrogen and oxygen atoms in total. The van der Waals surface area contributed by atoms with Crippen molar-refractivity contribution in [3.05, 3.63) is 34.3 Å². The Morgan fingerprint density at radius 1 is 1.00 bits per heavy atom. The summed E-state index contributed by atoms with van der Waals surface area (Å²) in [6, 6.07) is 7.19. The summed E-state index contributed by atoms with van der Waals surface area (Å²) in [5, 5.41) is 1.21. The lowest BCUT2D eigenvalue weighted by molar-refractivity contribution is -0.142. The molecule has 1 rings (SSSR count). The minimum atomic E-state index is -4.62. The average molecular weight is 249 g/mol. The summed E-state index contributed by atoms with van der Waals surface area (Å²) in [6.07, 6.45) is -4.62. The average Bonchev–Trinajstić information content (AvgIpc) is 2.10. The van der Waals surface area contributed by atoms with Gasteiger partial charge in [-0.25, -0.2) is 4.39 Å². The highest BCUT2D eigenvalue weighted by Crippen LogP contribution is 2.19. The minimum Gasteiger partial charge on any atom is -0.241 e. The predicted molar refractivity (Wildman–Crippen MR) is 48.5 cm³/mol. The first-order valence-electron chi connectivity index (χ1n) is 3.39. The van der Waals surface area contributed by atoms with Gasteiger partial charge in [0, 0.05) is 0 Å². The number of benzene rings is 1. The molecule has 0 unspecified atom stereocenters. The first-order chi connectivity index (χ1) is 6.37. The molecule has 0 radical (unpaired) electrons. The van der Waals surface area contributed by atoms with Gasteiger partial charge in [-0.1, -0.05) is 35.3 Å². The van der Waals surface area contributed by atoms with E-state index < -0.39 is 12.9 Å². The molecule has 0 saturated heterocycles. The summed E-state index contributed by atoms with van der Waals surface area (Å²) in [4.78, 5) is 0. The zero-order valence-electron chi connectivity index (χ0n) is 6.78. The van der Waals surface area contributed by atoms with Gasteiger partial charge >= 0.3 is 6.18 Å². The van der Waals surface area contributed by atoms with Gasteiger partial charge in [0.15, 0.2) is 6.67 Å². The van der Waals surface area contributed by atoms with E-state index in [0.29, 0.717) is 10.0 Å². The second kappa shape index (κ2) is 6.09. The molecule has 80 valence electrons. The highest BCUT2D eigenvalue weighted by atomic mass is 35.5. The first-order valence-corrected chi connectivity index (χ1v) is 4.15. The van der Waals surface area contributed by atoms with Gasteiger partial charge in [-0.15, -0.1) is 0 Å². The molecule has 0 heterocycles. The molecule has 0 fully saturated rings. The van der Waals surface area contributed by atoms with Crippen molar-refractivity contribution in [1.29, 1.82) is 0 Å². The summed E-state index contributed by atoms with van der Waals surface area (Å²) < 4.78 is 41.6. The lowest BCUT2D eigenvalue weighted by atomic mass is 10.4. The maximum atomic E-state index is 10.4. The third-order valence-electron chi connectivity index (χ3n) is 0.976. The van der Waals surface area contributed by atoms with Crippen LogP contribution in [-0.2, 0) is 0 Å². The Morgan fingerprint density at radius 2 is 1.29 bits per heavy atom. The van der Waals surface area contributed by atoms with Crippen LogP contribution in [0.3, 0.4) is 0 Å². The number of rotatable bonds is 0. The van der Waals surface area contributed by atoms with E-state index in [1.807, 2.05) is 12.1 Å². The molecule has 0 N–H and O–H groups in total. The Balaban J connectivity index is 0.000000255. The van der Waals surface area contributed by atoms with Gasteiger partial charge < -0.3 is 0 Å². The van der Waals surface area contributed by atoms with Gasteiger partial charge in [-0.3, -0.25) is 0 Å². The van der Waals surface area contributed by atoms with Crippen molar-refractivity contribution < 1.29 is 17.6 Å². The van der Waals surface area contributed by atoms with Crippen molar-refractivity contribution in [3.8, 4) is 0 Å². The second-order valence-electron chi connectivity index (χ2n) is 2.16. The van der Waals surface area contributed by atoms with Gasteiger partial charge in [0.05, 0.1) is 10.0 Å². The van der Waals surface area contributed by atoms with Crippen LogP contribution in [0.1, 0.15) is 0 Å². The molecular weight excluding hydrogens is 243 g/mol. The van der Waals surface area contributed by atoms with E-state index in [0.717, 1.165) is 0 Å². The number of hydrogen-bond donors (Lipinski definition) is 0. The highest BCUT2D eigenvalue weighted by Gasteiger charge is 2.26. The molecule has 0 bridgehead atoms. The lowest BCUT2D eigenvalue weighted by Crippen LogP contribution is -2.08. The molecule has 1 aromatic rings. The fraction of sp³-hybridized carbons (Fsp3) is 0.250. The first kappa shape index (κ1) is 13.5. The molecule has 0 aliphatic rings. The van der Waals surface area contributed by atoms with Crippen LogP contribution in [0, 0.1) is 0 Å². The van der Waals surface area contributed by atoms with E-state index in [1.54, 1.807) is 12.1 Å². The summed E-state index contributed by atoms with van der Waals surface area (Å²) >= 11 is 11.2. The molecule has 0 aliphatic heterocycles. The van der Waals surface area contributed by atoms with Crippen molar-refractivity contribution in [2.24, 2.45) is 0 Å². The van der Waals surface area contributed by atoms with E-state index in [4.69, 9.17) is 23.2 Å². The van der Waals surface area contributed by atoms with Gasteiger partial charge in [-0.05, 0) is 12.1 Å². The summed E-state index contributed by atoms with van der Waals surface area (Å²) in [7, 11) is 0. The fourth-order valence-corrected chi connectivity index (χ4v) is 0.711. The fourth-order valence-electron chi connectivity index (χ4n) is 0.439. The van der Waals surface area contributed by atoms with Crippen molar-refractivity contribution in [1.82, 2.24) is 0 Å². The minimum absolute atomic E-state index is 0.606. The van der Waals surface area contributed by atoms with E-state index in [2.05, 4.69) is 0 Å². The van der Waals surface area contributed by atoms with Crippen molar-refractivity contribution in [2.45, 2.75) is 6.18 Å². The molecule has 0 amide bonds. The molecular formula is C8H6Cl2F4. The zero-order chi connectivity index (χ0) is 11.2. The van der Waals surface area contributed by atoms with Crippen molar-refractivity contribution in [3.63, 3.8) is 0 Å². The number of hydrogen-bond acceptors (Lipinski definition) is 0. The maximum absolute atomic E-state index is 10.4. The summed E-state index contributed by atoms with van der Waals surface area (Å²) in [5.74, 6) is 0. The van der Waals surface area contributed by atoms with Crippen LogP contribution in [0.2, 0.25) is 10.0 Å². The molecule has 0 saturated carbocycles. The maximum Gasteiger partial charge on any atom is 0.416 e. The van der Waals surface area contributed by atoms with Crippen LogP contribution in [-0.4, -0.2) is 12.9 Å². The monoisotopic (exact) mass is 248 g/mol. The van der Waals surface area contributed by atoms with Crippen LogP contribution in [0.5, 0.6) is 0 Å². The molecule has 0 spiro atoms. The standard InChI is InChI=1S/C6H4Cl2.C2H2F4/c7-5-3-1-2-4-6(5)8;3-1-2(4,5)6/h1-4H;1H2. The third-order valence-corrected chi connectivity index (χ3v) is 1.73. The van der Waals surface area contributed by atoms with E-state index in [-0.39, 0.29) is 0 Å². The summed E-state index contributed by atoms with van der Waals surface area (Å²) in [6.45, 7) is -2.23. The quantitative estimate of drug-likeness (QED) is 0.593.